The second kappa shape index (κ2) is 8.22. The molecule has 4 nitrogen and oxygen atoms in total. The van der Waals surface area contributed by atoms with Crippen LogP contribution in [0.2, 0.25) is 0 Å². The molecule has 2 aliphatic rings. The molecular weight excluding hydrogens is 308 g/mol. The predicted molar refractivity (Wildman–Crippen MR) is 106 cm³/mol. The van der Waals surface area contributed by atoms with E-state index in [0.29, 0.717) is 0 Å². The van der Waals surface area contributed by atoms with Crippen LogP contribution in [0.15, 0.2) is 35.3 Å². The molecule has 3 rings (SSSR count). The number of likely N-dealkylation sites (tertiary alicyclic amines) is 2. The summed E-state index contributed by atoms with van der Waals surface area (Å²) in [7, 11) is 1.91. The maximum absolute atomic E-state index is 4.55. The van der Waals surface area contributed by atoms with E-state index >= 15 is 0 Å². The third-order valence-electron chi connectivity index (χ3n) is 5.58. The Morgan fingerprint density at radius 2 is 1.88 bits per heavy atom. The lowest BCUT2D eigenvalue weighted by molar-refractivity contribution is 0.248. The highest BCUT2D eigenvalue weighted by molar-refractivity contribution is 5.80. The summed E-state index contributed by atoms with van der Waals surface area (Å²) in [6.45, 7) is 10.4. The minimum absolute atomic E-state index is 0.200. The van der Waals surface area contributed by atoms with Gasteiger partial charge >= 0.3 is 0 Å². The zero-order chi connectivity index (χ0) is 17.7. The highest BCUT2D eigenvalue weighted by atomic mass is 15.3. The van der Waals surface area contributed by atoms with Crippen LogP contribution >= 0.6 is 0 Å². The standard InChI is InChI=1S/C21H34N4/c1-21(2,15-18-9-5-4-6-10-18)17-23-20(22-3)25-14-11-19(16-25)24-12-7-8-13-24/h4-6,9-10,19H,7-8,11-17H2,1-3H3,(H,22,23). The van der Waals surface area contributed by atoms with Gasteiger partial charge in [0.2, 0.25) is 0 Å². The summed E-state index contributed by atoms with van der Waals surface area (Å²) in [5.74, 6) is 1.07. The van der Waals surface area contributed by atoms with Crippen LogP contribution in [0.3, 0.4) is 0 Å². The molecule has 2 saturated heterocycles. The lowest BCUT2D eigenvalue weighted by Crippen LogP contribution is -2.45. The molecule has 0 radical (unpaired) electrons. The molecule has 0 amide bonds. The van der Waals surface area contributed by atoms with E-state index in [1.165, 1.54) is 37.9 Å². The zero-order valence-corrected chi connectivity index (χ0v) is 16.2. The summed E-state index contributed by atoms with van der Waals surface area (Å²) in [6, 6.07) is 11.5. The van der Waals surface area contributed by atoms with Gasteiger partial charge in [0.05, 0.1) is 0 Å². The third kappa shape index (κ3) is 4.97. The van der Waals surface area contributed by atoms with Crippen molar-refractivity contribution in [3.05, 3.63) is 35.9 Å². The van der Waals surface area contributed by atoms with E-state index in [1.54, 1.807) is 0 Å². The molecule has 138 valence electrons. The number of rotatable bonds is 5. The molecule has 1 aromatic carbocycles. The summed E-state index contributed by atoms with van der Waals surface area (Å²) in [5, 5.41) is 3.64. The van der Waals surface area contributed by atoms with Gasteiger partial charge in [-0.2, -0.15) is 0 Å². The lowest BCUT2D eigenvalue weighted by Gasteiger charge is -2.29. The molecule has 4 heteroatoms. The first-order valence-corrected chi connectivity index (χ1v) is 9.81. The molecule has 1 atom stereocenters. The van der Waals surface area contributed by atoms with Crippen LogP contribution in [0.25, 0.3) is 0 Å². The Bertz CT molecular complexity index is 561. The Balaban J connectivity index is 1.50. The van der Waals surface area contributed by atoms with Gasteiger partial charge in [-0.3, -0.25) is 9.89 Å². The van der Waals surface area contributed by atoms with Crippen LogP contribution in [0.1, 0.15) is 38.7 Å². The van der Waals surface area contributed by atoms with Crippen molar-refractivity contribution in [1.82, 2.24) is 15.1 Å². The molecule has 1 N–H and O–H groups in total. The molecule has 1 unspecified atom stereocenters. The fourth-order valence-electron chi connectivity index (χ4n) is 4.20. The van der Waals surface area contributed by atoms with Crippen LogP contribution in [-0.4, -0.2) is 61.6 Å². The average Bonchev–Trinajstić information content (AvgIpc) is 3.27. The fraction of sp³-hybridized carbons (Fsp3) is 0.667. The van der Waals surface area contributed by atoms with Crippen LogP contribution in [0.4, 0.5) is 0 Å². The number of benzene rings is 1. The van der Waals surface area contributed by atoms with Gasteiger partial charge in [0.15, 0.2) is 5.96 Å². The fourth-order valence-corrected chi connectivity index (χ4v) is 4.20. The molecule has 0 aliphatic carbocycles. The second-order valence-electron chi connectivity index (χ2n) is 8.36. The SMILES string of the molecule is CN=C(NCC(C)(C)Cc1ccccc1)N1CCC(N2CCCC2)C1. The normalized spacial score (nSPS) is 22.6. The molecule has 1 aromatic rings. The Labute approximate surface area is 153 Å². The number of aliphatic imine (C=N–C) groups is 1. The van der Waals surface area contributed by atoms with Crippen molar-refractivity contribution in [1.29, 1.82) is 0 Å². The number of hydrogen-bond donors (Lipinski definition) is 1. The molecule has 2 aliphatic heterocycles. The Morgan fingerprint density at radius 3 is 2.56 bits per heavy atom. The lowest BCUT2D eigenvalue weighted by atomic mass is 9.86. The van der Waals surface area contributed by atoms with Crippen molar-refractivity contribution in [3.8, 4) is 0 Å². The van der Waals surface area contributed by atoms with Gasteiger partial charge in [-0.25, -0.2) is 0 Å². The summed E-state index contributed by atoms with van der Waals surface area (Å²) >= 11 is 0. The zero-order valence-electron chi connectivity index (χ0n) is 16.2. The van der Waals surface area contributed by atoms with Crippen molar-refractivity contribution in [3.63, 3.8) is 0 Å². The predicted octanol–water partition coefficient (Wildman–Crippen LogP) is 3.00. The van der Waals surface area contributed by atoms with Gasteiger partial charge in [0, 0.05) is 32.7 Å². The second-order valence-corrected chi connectivity index (χ2v) is 8.36. The van der Waals surface area contributed by atoms with Gasteiger partial charge in [0.25, 0.3) is 0 Å². The first-order valence-electron chi connectivity index (χ1n) is 9.81. The van der Waals surface area contributed by atoms with E-state index in [9.17, 15) is 0 Å². The summed E-state index contributed by atoms with van der Waals surface area (Å²) in [6.07, 6.45) is 5.09. The van der Waals surface area contributed by atoms with Gasteiger partial charge in [0.1, 0.15) is 0 Å². The molecule has 0 bridgehead atoms. The smallest absolute Gasteiger partial charge is 0.193 e. The van der Waals surface area contributed by atoms with Crippen molar-refractivity contribution in [2.75, 3.05) is 39.8 Å². The van der Waals surface area contributed by atoms with E-state index in [2.05, 4.69) is 64.3 Å². The quantitative estimate of drug-likeness (QED) is 0.659. The highest BCUT2D eigenvalue weighted by Crippen LogP contribution is 2.22. The average molecular weight is 343 g/mol. The molecule has 25 heavy (non-hydrogen) atoms. The molecule has 2 fully saturated rings. The Hall–Kier alpha value is -1.55. The van der Waals surface area contributed by atoms with Crippen LogP contribution < -0.4 is 5.32 Å². The van der Waals surface area contributed by atoms with Gasteiger partial charge < -0.3 is 10.2 Å². The summed E-state index contributed by atoms with van der Waals surface area (Å²) < 4.78 is 0. The van der Waals surface area contributed by atoms with E-state index in [4.69, 9.17) is 0 Å². The van der Waals surface area contributed by atoms with Gasteiger partial charge in [-0.15, -0.1) is 0 Å². The molecule has 0 aromatic heterocycles. The van der Waals surface area contributed by atoms with Crippen molar-refractivity contribution < 1.29 is 0 Å². The maximum Gasteiger partial charge on any atom is 0.193 e. The van der Waals surface area contributed by atoms with Crippen LogP contribution in [0.5, 0.6) is 0 Å². The molecule has 0 saturated carbocycles. The Kier molecular flexibility index (Phi) is 6.00. The van der Waals surface area contributed by atoms with E-state index < -0.39 is 0 Å². The number of nitrogens with one attached hydrogen (secondary N) is 1. The van der Waals surface area contributed by atoms with Crippen LogP contribution in [0, 0.1) is 5.41 Å². The van der Waals surface area contributed by atoms with Crippen molar-refractivity contribution in [2.45, 2.75) is 45.6 Å². The molecular formula is C21H34N4. The largest absolute Gasteiger partial charge is 0.356 e. The first kappa shape index (κ1) is 18.2. The van der Waals surface area contributed by atoms with Gasteiger partial charge in [-0.1, -0.05) is 44.2 Å². The van der Waals surface area contributed by atoms with E-state index in [0.717, 1.165) is 38.1 Å². The van der Waals surface area contributed by atoms with Crippen molar-refractivity contribution in [2.24, 2.45) is 10.4 Å². The number of nitrogens with zero attached hydrogens (tertiary/aromatic N) is 3. The van der Waals surface area contributed by atoms with Gasteiger partial charge in [-0.05, 0) is 49.8 Å². The summed E-state index contributed by atoms with van der Waals surface area (Å²) in [5.41, 5.74) is 1.60. The maximum atomic E-state index is 4.55. The topological polar surface area (TPSA) is 30.9 Å². The van der Waals surface area contributed by atoms with Crippen LogP contribution in [-0.2, 0) is 6.42 Å². The third-order valence-corrected chi connectivity index (χ3v) is 5.58. The summed E-state index contributed by atoms with van der Waals surface area (Å²) in [4.78, 5) is 9.67. The minimum Gasteiger partial charge on any atom is -0.356 e. The first-order chi connectivity index (χ1) is 12.1. The minimum atomic E-state index is 0.200. The number of guanidine groups is 1. The highest BCUT2D eigenvalue weighted by Gasteiger charge is 2.31. The monoisotopic (exact) mass is 342 g/mol. The van der Waals surface area contributed by atoms with Crippen molar-refractivity contribution >= 4 is 5.96 Å². The van der Waals surface area contributed by atoms with E-state index in [1.807, 2.05) is 7.05 Å². The molecule has 2 heterocycles. The number of hydrogen-bond acceptors (Lipinski definition) is 2. The molecule has 0 spiro atoms. The Morgan fingerprint density at radius 1 is 1.16 bits per heavy atom. The van der Waals surface area contributed by atoms with E-state index in [-0.39, 0.29) is 5.41 Å².